The summed E-state index contributed by atoms with van der Waals surface area (Å²) in [5.41, 5.74) is 3.94. The maximum atomic E-state index is 13.5. The van der Waals surface area contributed by atoms with Gasteiger partial charge in [0.05, 0.1) is 23.8 Å². The van der Waals surface area contributed by atoms with Crippen LogP contribution in [-0.4, -0.2) is 95.6 Å². The lowest BCUT2D eigenvalue weighted by Gasteiger charge is -2.32. The minimum Gasteiger partial charge on any atom is -0.593 e. The molecule has 2 atom stereocenters. The van der Waals surface area contributed by atoms with Gasteiger partial charge in [0.2, 0.25) is 0 Å². The molecule has 1 saturated heterocycles. The van der Waals surface area contributed by atoms with Crippen LogP contribution >= 0.6 is 23.4 Å². The summed E-state index contributed by atoms with van der Waals surface area (Å²) in [5, 5.41) is 34.4. The Morgan fingerprint density at radius 3 is 2.35 bits per heavy atom. The predicted octanol–water partition coefficient (Wildman–Crippen LogP) is 8.35. The highest BCUT2D eigenvalue weighted by atomic mass is 35.5. The fraction of sp³-hybridized carbons (Fsp3) is 0.295. The number of carbonyl (C=O) groups is 1. The summed E-state index contributed by atoms with van der Waals surface area (Å²) < 4.78 is 76.5. The Hall–Kier alpha value is -4.89. The van der Waals surface area contributed by atoms with Crippen LogP contribution in [0.25, 0.3) is 11.1 Å². The molecule has 1 unspecified atom stereocenters. The molecular weight excluding hydrogens is 881 g/mol. The fourth-order valence-electron chi connectivity index (χ4n) is 6.74. The number of amides is 1. The van der Waals surface area contributed by atoms with Crippen LogP contribution in [0, 0.1) is 5.21 Å². The Morgan fingerprint density at radius 2 is 1.67 bits per heavy atom. The van der Waals surface area contributed by atoms with E-state index in [2.05, 4.69) is 37.7 Å². The normalized spacial score (nSPS) is 15.0. The SMILES string of the molecule is C[N+]([O-])(O)c1cc(S(=O)(=O)NC(=O)c2ccc(NCCNCc3ccccc3-c3ccc(Cl)cc3)cc2)ccc1N[C@H](CCN1CCOCC1)CSc1ccc(OC(F)(F)F)cc1. The number of carbonyl (C=O) groups excluding carboxylic acids is 1. The molecule has 6 rings (SSSR count). The van der Waals surface area contributed by atoms with Crippen molar-refractivity contribution in [2.24, 2.45) is 0 Å². The number of hydrogen-bond acceptors (Lipinski definition) is 12. The topological polar surface area (TPSA) is 164 Å². The third kappa shape index (κ3) is 14.6. The lowest BCUT2D eigenvalue weighted by molar-refractivity contribution is -0.274. The number of hydrogen-bond donors (Lipinski definition) is 5. The third-order valence-corrected chi connectivity index (χ3v) is 12.7. The highest BCUT2D eigenvalue weighted by molar-refractivity contribution is 7.99. The highest BCUT2D eigenvalue weighted by Gasteiger charge is 2.31. The van der Waals surface area contributed by atoms with Crippen molar-refractivity contribution in [3.8, 4) is 16.9 Å². The summed E-state index contributed by atoms with van der Waals surface area (Å²) in [4.78, 5) is 13.6. The largest absolute Gasteiger partial charge is 0.593 e. The number of morpholine rings is 1. The first-order valence-electron chi connectivity index (χ1n) is 20.0. The number of alkyl halides is 3. The maximum Gasteiger partial charge on any atom is 0.573 e. The molecule has 13 nitrogen and oxygen atoms in total. The number of ether oxygens (including phenoxy) is 2. The summed E-state index contributed by atoms with van der Waals surface area (Å²) in [6.07, 6.45) is -4.26. The quantitative estimate of drug-likeness (QED) is 0.0220. The van der Waals surface area contributed by atoms with Crippen molar-refractivity contribution in [2.45, 2.75) is 35.2 Å². The van der Waals surface area contributed by atoms with Crippen LogP contribution in [-0.2, 0) is 21.3 Å². The third-order valence-electron chi connectivity index (χ3n) is 9.99. The molecule has 63 heavy (non-hydrogen) atoms. The summed E-state index contributed by atoms with van der Waals surface area (Å²) in [7, 11) is -3.60. The maximum absolute atomic E-state index is 13.5. The summed E-state index contributed by atoms with van der Waals surface area (Å²) in [6, 6.07) is 30.8. The smallest absolute Gasteiger partial charge is 0.573 e. The van der Waals surface area contributed by atoms with E-state index in [1.165, 1.54) is 60.3 Å². The molecule has 5 aromatic rings. The molecular formula is C44H48ClF3N6O7S2. The summed E-state index contributed by atoms with van der Waals surface area (Å²) in [5.74, 6) is -0.858. The van der Waals surface area contributed by atoms with Gasteiger partial charge >= 0.3 is 6.36 Å². The molecule has 1 amide bonds. The molecule has 0 saturated carbocycles. The monoisotopic (exact) mass is 928 g/mol. The molecule has 1 aliphatic heterocycles. The Balaban J connectivity index is 1.05. The minimum atomic E-state index is -4.82. The van der Waals surface area contributed by atoms with Gasteiger partial charge in [-0.15, -0.1) is 24.9 Å². The summed E-state index contributed by atoms with van der Waals surface area (Å²) >= 11 is 7.42. The number of nitrogens with one attached hydrogen (secondary N) is 4. The zero-order valence-corrected chi connectivity index (χ0v) is 36.6. The number of anilines is 2. The average molecular weight is 929 g/mol. The van der Waals surface area contributed by atoms with Gasteiger partial charge in [-0.1, -0.05) is 48.0 Å². The van der Waals surface area contributed by atoms with Crippen molar-refractivity contribution in [1.29, 1.82) is 0 Å². The second-order valence-corrected chi connectivity index (χ2v) is 18.0. The second-order valence-electron chi connectivity index (χ2n) is 14.8. The number of thioether (sulfide) groups is 1. The van der Waals surface area contributed by atoms with Crippen molar-refractivity contribution in [3.63, 3.8) is 0 Å². The van der Waals surface area contributed by atoms with Crippen LogP contribution in [0.3, 0.4) is 0 Å². The molecule has 19 heteroatoms. The molecule has 1 aliphatic rings. The zero-order chi connectivity index (χ0) is 45.0. The standard InChI is InChI=1S/C44H48ClF3N6O7S2/c1-54(56,57)42-28-39(18-19-41(42)51-36(20-23-53-24-26-60-27-25-53)30-62-38-16-14-37(15-17-38)61-44(46,47)48)63(58,59)52-43(55)32-8-12-35(13-9-32)50-22-21-49-29-33-4-2-3-5-40(33)31-6-10-34(45)11-7-31/h2-19,28,36,49-51,56H,20-27,29-30H2,1H3,(H,52,55)/t36-/m1/s1. The first kappa shape index (κ1) is 47.6. The molecule has 0 bridgehead atoms. The number of rotatable bonds is 20. The lowest BCUT2D eigenvalue weighted by atomic mass is 10.00. The first-order valence-corrected chi connectivity index (χ1v) is 22.8. The molecule has 1 heterocycles. The van der Waals surface area contributed by atoms with Crippen LogP contribution in [0.5, 0.6) is 5.75 Å². The lowest BCUT2D eigenvalue weighted by Crippen LogP contribution is -2.39. The van der Waals surface area contributed by atoms with Crippen LogP contribution < -0.4 is 30.2 Å². The predicted molar refractivity (Wildman–Crippen MR) is 241 cm³/mol. The van der Waals surface area contributed by atoms with Gasteiger partial charge in [0.1, 0.15) is 12.8 Å². The van der Waals surface area contributed by atoms with Crippen LogP contribution in [0.4, 0.5) is 30.2 Å². The number of quaternary nitrogens is 1. The van der Waals surface area contributed by atoms with Crippen LogP contribution in [0.2, 0.25) is 5.02 Å². The Morgan fingerprint density at radius 1 is 0.968 bits per heavy atom. The van der Waals surface area contributed by atoms with Gasteiger partial charge in [0.15, 0.2) is 5.69 Å². The van der Waals surface area contributed by atoms with E-state index in [-0.39, 0.29) is 28.7 Å². The number of sulfonamides is 1. The second kappa shape index (κ2) is 21.7. The molecule has 1 fully saturated rings. The van der Waals surface area contributed by atoms with E-state index in [0.717, 1.165) is 48.6 Å². The van der Waals surface area contributed by atoms with Crippen molar-refractivity contribution >= 4 is 56.4 Å². The zero-order valence-electron chi connectivity index (χ0n) is 34.2. The van der Waals surface area contributed by atoms with Crippen molar-refractivity contribution in [2.75, 3.05) is 69.4 Å². The van der Waals surface area contributed by atoms with Gasteiger partial charge in [-0.05, 0) is 95.9 Å². The molecule has 0 spiro atoms. The van der Waals surface area contributed by atoms with Crippen molar-refractivity contribution in [3.05, 3.63) is 137 Å². The Bertz CT molecular complexity index is 2380. The Kier molecular flexibility index (Phi) is 16.4. The van der Waals surface area contributed by atoms with E-state index in [1.54, 1.807) is 12.1 Å². The highest BCUT2D eigenvalue weighted by Crippen LogP contribution is 2.34. The Labute approximate surface area is 373 Å². The number of halogens is 4. The van der Waals surface area contributed by atoms with Crippen LogP contribution in [0.1, 0.15) is 22.3 Å². The molecule has 5 N–H and O–H groups in total. The average Bonchev–Trinajstić information content (AvgIpc) is 3.25. The van der Waals surface area contributed by atoms with Gasteiger partial charge in [-0.3, -0.25) is 9.69 Å². The number of benzene rings is 5. The molecule has 0 aliphatic carbocycles. The summed E-state index contributed by atoms with van der Waals surface area (Å²) in [6.45, 7) is 5.10. The van der Waals surface area contributed by atoms with Gasteiger partial charge in [0, 0.05) is 78.3 Å². The van der Waals surface area contributed by atoms with Gasteiger partial charge in [-0.25, -0.2) is 18.3 Å². The number of hydroxylamine groups is 2. The van der Waals surface area contributed by atoms with E-state index in [9.17, 15) is 36.8 Å². The van der Waals surface area contributed by atoms with Gasteiger partial charge < -0.3 is 30.6 Å². The minimum absolute atomic E-state index is 0.0781. The van der Waals surface area contributed by atoms with E-state index in [4.69, 9.17) is 16.3 Å². The molecule has 336 valence electrons. The molecule has 0 radical (unpaired) electrons. The molecule has 5 aromatic carbocycles. The van der Waals surface area contributed by atoms with Crippen molar-refractivity contribution < 1.29 is 41.1 Å². The van der Waals surface area contributed by atoms with E-state index >= 15 is 0 Å². The van der Waals surface area contributed by atoms with Crippen molar-refractivity contribution in [1.82, 2.24) is 19.7 Å². The molecule has 0 aromatic heterocycles. The first-order chi connectivity index (χ1) is 30.0. The van der Waals surface area contributed by atoms with Gasteiger partial charge in [-0.2, -0.15) is 4.81 Å². The number of nitrogens with zero attached hydrogens (tertiary/aromatic N) is 2. The fourth-order valence-corrected chi connectivity index (χ4v) is 8.83. The van der Waals surface area contributed by atoms with E-state index in [1.807, 2.05) is 41.1 Å². The van der Waals surface area contributed by atoms with E-state index in [0.29, 0.717) is 61.5 Å². The van der Waals surface area contributed by atoms with Gasteiger partial charge in [0.25, 0.3) is 15.9 Å². The van der Waals surface area contributed by atoms with Crippen LogP contribution in [0.15, 0.2) is 125 Å². The van der Waals surface area contributed by atoms with E-state index < -0.39 is 32.0 Å².